The highest BCUT2D eigenvalue weighted by molar-refractivity contribution is 5.93. The van der Waals surface area contributed by atoms with E-state index in [-0.39, 0.29) is 11.5 Å². The topological polar surface area (TPSA) is 73.2 Å². The van der Waals surface area contributed by atoms with Crippen molar-refractivity contribution in [2.24, 2.45) is 0 Å². The van der Waals surface area contributed by atoms with E-state index in [1.54, 1.807) is 44.4 Å². The van der Waals surface area contributed by atoms with Gasteiger partial charge in [-0.05, 0) is 25.1 Å². The third kappa shape index (κ3) is 3.80. The van der Waals surface area contributed by atoms with Crippen molar-refractivity contribution in [1.29, 1.82) is 0 Å². The molecule has 0 aliphatic carbocycles. The van der Waals surface area contributed by atoms with E-state index in [1.807, 2.05) is 30.3 Å². The molecule has 3 aromatic rings. The maximum Gasteiger partial charge on any atom is 0.267 e. The zero-order chi connectivity index (χ0) is 18.5. The molecule has 1 heterocycles. The second-order valence-corrected chi connectivity index (χ2v) is 5.76. The van der Waals surface area contributed by atoms with Gasteiger partial charge in [0.2, 0.25) is 5.91 Å². The quantitative estimate of drug-likeness (QED) is 0.768. The van der Waals surface area contributed by atoms with Crippen molar-refractivity contribution in [2.45, 2.75) is 13.0 Å². The minimum absolute atomic E-state index is 0.335. The van der Waals surface area contributed by atoms with Gasteiger partial charge in [0.15, 0.2) is 0 Å². The largest absolute Gasteiger partial charge is 0.497 e. The molecule has 0 aliphatic rings. The Morgan fingerprint density at radius 1 is 1.08 bits per heavy atom. The van der Waals surface area contributed by atoms with Crippen LogP contribution in [0, 0.1) is 0 Å². The van der Waals surface area contributed by atoms with E-state index < -0.39 is 6.04 Å². The molecule has 6 heteroatoms. The second-order valence-electron chi connectivity index (χ2n) is 5.76. The number of rotatable bonds is 5. The Bertz CT molecular complexity index is 967. The summed E-state index contributed by atoms with van der Waals surface area (Å²) in [5.74, 6) is 0.301. The molecule has 26 heavy (non-hydrogen) atoms. The molecule has 0 spiro atoms. The van der Waals surface area contributed by atoms with Crippen molar-refractivity contribution >= 4 is 11.6 Å². The number of carbonyl (C=O) groups excluding carboxylic acids is 1. The Balaban J connectivity index is 1.85. The van der Waals surface area contributed by atoms with E-state index in [2.05, 4.69) is 10.4 Å². The standard InChI is InChI=1S/C20H19N3O3/c1-14(20(25)21-16-9-6-10-17(13-16)26-2)23-19(24)12-11-18(22-23)15-7-4-3-5-8-15/h3-14H,1-2H3,(H,21,25)/t14-/m0/s1. The predicted octanol–water partition coefficient (Wildman–Crippen LogP) is 3.12. The Kier molecular flexibility index (Phi) is 5.12. The number of carbonyl (C=O) groups is 1. The highest BCUT2D eigenvalue weighted by Gasteiger charge is 2.18. The maximum absolute atomic E-state index is 12.6. The Morgan fingerprint density at radius 2 is 1.85 bits per heavy atom. The molecular formula is C20H19N3O3. The number of nitrogens with zero attached hydrogens (tertiary/aromatic N) is 2. The Hall–Kier alpha value is -3.41. The lowest BCUT2D eigenvalue weighted by atomic mass is 10.1. The molecule has 0 saturated heterocycles. The second kappa shape index (κ2) is 7.65. The van der Waals surface area contributed by atoms with Gasteiger partial charge in [-0.1, -0.05) is 36.4 Å². The molecule has 0 fully saturated rings. The average molecular weight is 349 g/mol. The molecule has 2 aromatic carbocycles. The monoisotopic (exact) mass is 349 g/mol. The summed E-state index contributed by atoms with van der Waals surface area (Å²) in [6.07, 6.45) is 0. The highest BCUT2D eigenvalue weighted by Crippen LogP contribution is 2.19. The number of amides is 1. The summed E-state index contributed by atoms with van der Waals surface area (Å²) in [5, 5.41) is 7.14. The third-order valence-electron chi connectivity index (χ3n) is 3.98. The molecule has 6 nitrogen and oxygen atoms in total. The van der Waals surface area contributed by atoms with Crippen LogP contribution in [-0.2, 0) is 4.79 Å². The van der Waals surface area contributed by atoms with Gasteiger partial charge in [-0.15, -0.1) is 0 Å². The molecule has 0 aliphatic heterocycles. The van der Waals surface area contributed by atoms with Crippen LogP contribution in [-0.4, -0.2) is 22.8 Å². The fourth-order valence-corrected chi connectivity index (χ4v) is 2.52. The van der Waals surface area contributed by atoms with Crippen molar-refractivity contribution in [2.75, 3.05) is 12.4 Å². The summed E-state index contributed by atoms with van der Waals surface area (Å²) in [7, 11) is 1.56. The lowest BCUT2D eigenvalue weighted by Crippen LogP contribution is -2.33. The fourth-order valence-electron chi connectivity index (χ4n) is 2.52. The van der Waals surface area contributed by atoms with E-state index >= 15 is 0 Å². The van der Waals surface area contributed by atoms with Crippen LogP contribution in [0.25, 0.3) is 11.3 Å². The van der Waals surface area contributed by atoms with Gasteiger partial charge in [-0.3, -0.25) is 9.59 Å². The summed E-state index contributed by atoms with van der Waals surface area (Å²) in [4.78, 5) is 24.8. The van der Waals surface area contributed by atoms with Gasteiger partial charge >= 0.3 is 0 Å². The van der Waals surface area contributed by atoms with Crippen LogP contribution in [0.1, 0.15) is 13.0 Å². The van der Waals surface area contributed by atoms with Crippen molar-refractivity contribution in [3.8, 4) is 17.0 Å². The van der Waals surface area contributed by atoms with E-state index in [0.717, 1.165) is 5.56 Å². The molecule has 1 aromatic heterocycles. The molecular weight excluding hydrogens is 330 g/mol. The molecule has 1 atom stereocenters. The summed E-state index contributed by atoms with van der Waals surface area (Å²) in [6, 6.07) is 18.8. The predicted molar refractivity (Wildman–Crippen MR) is 100 cm³/mol. The number of hydrogen-bond donors (Lipinski definition) is 1. The van der Waals surface area contributed by atoms with Gasteiger partial charge in [0, 0.05) is 23.4 Å². The zero-order valence-electron chi connectivity index (χ0n) is 14.5. The number of methoxy groups -OCH3 is 1. The van der Waals surface area contributed by atoms with Crippen LogP contribution >= 0.6 is 0 Å². The average Bonchev–Trinajstić information content (AvgIpc) is 2.68. The maximum atomic E-state index is 12.6. The molecule has 1 N–H and O–H groups in total. The minimum Gasteiger partial charge on any atom is -0.497 e. The first-order chi connectivity index (χ1) is 12.6. The lowest BCUT2D eigenvalue weighted by molar-refractivity contribution is -0.119. The molecule has 0 bridgehead atoms. The van der Waals surface area contributed by atoms with Gasteiger partial charge in [-0.2, -0.15) is 5.10 Å². The fraction of sp³-hybridized carbons (Fsp3) is 0.150. The molecule has 132 valence electrons. The molecule has 3 rings (SSSR count). The number of ether oxygens (including phenoxy) is 1. The first-order valence-electron chi connectivity index (χ1n) is 8.18. The van der Waals surface area contributed by atoms with Crippen molar-refractivity contribution in [3.05, 3.63) is 77.1 Å². The zero-order valence-corrected chi connectivity index (χ0v) is 14.5. The number of nitrogens with one attached hydrogen (secondary N) is 1. The van der Waals surface area contributed by atoms with Crippen LogP contribution in [0.15, 0.2) is 71.5 Å². The van der Waals surface area contributed by atoms with Gasteiger partial charge < -0.3 is 10.1 Å². The smallest absolute Gasteiger partial charge is 0.267 e. The van der Waals surface area contributed by atoms with Crippen molar-refractivity contribution in [3.63, 3.8) is 0 Å². The molecule has 1 amide bonds. The first-order valence-corrected chi connectivity index (χ1v) is 8.18. The molecule has 0 unspecified atom stereocenters. The van der Waals surface area contributed by atoms with Crippen LogP contribution in [0.5, 0.6) is 5.75 Å². The van der Waals surface area contributed by atoms with Crippen LogP contribution < -0.4 is 15.6 Å². The number of hydrogen-bond acceptors (Lipinski definition) is 4. The summed E-state index contributed by atoms with van der Waals surface area (Å²) in [6.45, 7) is 1.64. The summed E-state index contributed by atoms with van der Waals surface area (Å²) >= 11 is 0. The van der Waals surface area contributed by atoms with Gasteiger partial charge in [0.1, 0.15) is 11.8 Å². The Labute approximate surface area is 151 Å². The lowest BCUT2D eigenvalue weighted by Gasteiger charge is -2.15. The number of aromatic nitrogens is 2. The summed E-state index contributed by atoms with van der Waals surface area (Å²) in [5.41, 5.74) is 1.76. The van der Waals surface area contributed by atoms with E-state index in [9.17, 15) is 9.59 Å². The van der Waals surface area contributed by atoms with E-state index in [1.165, 1.54) is 10.7 Å². The summed E-state index contributed by atoms with van der Waals surface area (Å²) < 4.78 is 6.34. The van der Waals surface area contributed by atoms with Crippen LogP contribution in [0.3, 0.4) is 0 Å². The third-order valence-corrected chi connectivity index (χ3v) is 3.98. The normalized spacial score (nSPS) is 11.6. The Morgan fingerprint density at radius 3 is 2.58 bits per heavy atom. The van der Waals surface area contributed by atoms with Gasteiger partial charge in [0.05, 0.1) is 12.8 Å². The number of anilines is 1. The molecule has 0 saturated carbocycles. The SMILES string of the molecule is COc1cccc(NC(=O)[C@H](C)n2nc(-c3ccccc3)ccc2=O)c1. The molecule has 0 radical (unpaired) electrons. The van der Waals surface area contributed by atoms with Gasteiger partial charge in [-0.25, -0.2) is 4.68 Å². The van der Waals surface area contributed by atoms with E-state index in [4.69, 9.17) is 4.74 Å². The first kappa shape index (κ1) is 17.4. The van der Waals surface area contributed by atoms with E-state index in [0.29, 0.717) is 17.1 Å². The van der Waals surface area contributed by atoms with Crippen LogP contribution in [0.4, 0.5) is 5.69 Å². The minimum atomic E-state index is -0.766. The van der Waals surface area contributed by atoms with Crippen LogP contribution in [0.2, 0.25) is 0 Å². The highest BCUT2D eigenvalue weighted by atomic mass is 16.5. The van der Waals surface area contributed by atoms with Crippen molar-refractivity contribution in [1.82, 2.24) is 9.78 Å². The number of benzene rings is 2. The van der Waals surface area contributed by atoms with Gasteiger partial charge in [0.25, 0.3) is 5.56 Å². The van der Waals surface area contributed by atoms with Crippen molar-refractivity contribution < 1.29 is 9.53 Å².